The van der Waals surface area contributed by atoms with Gasteiger partial charge in [-0.2, -0.15) is 0 Å². The predicted octanol–water partition coefficient (Wildman–Crippen LogP) is 1.27. The average Bonchev–Trinajstić information content (AvgIpc) is 2.77. The quantitative estimate of drug-likeness (QED) is 0.819. The highest BCUT2D eigenvalue weighted by Crippen LogP contribution is 2.18. The standard InChI is InChI=1S/C12H13F2N3O2/c1-2-19-12(18)7(15)5-9-16-8-4-3-6(13)10(14)11(8)17-9/h3-4,7H,2,5,15H2,1H3,(H,16,17)/t7-/m1/s1. The molecule has 1 atom stereocenters. The largest absolute Gasteiger partial charge is 0.465 e. The number of halogens is 2. The van der Waals surface area contributed by atoms with E-state index in [2.05, 4.69) is 9.97 Å². The van der Waals surface area contributed by atoms with Crippen LogP contribution in [0.1, 0.15) is 12.7 Å². The van der Waals surface area contributed by atoms with Gasteiger partial charge in [-0.1, -0.05) is 0 Å². The number of carbonyl (C=O) groups excluding carboxylic acids is 1. The van der Waals surface area contributed by atoms with Crippen molar-refractivity contribution in [3.8, 4) is 0 Å². The zero-order valence-corrected chi connectivity index (χ0v) is 10.2. The van der Waals surface area contributed by atoms with E-state index in [1.807, 2.05) is 0 Å². The van der Waals surface area contributed by atoms with Crippen LogP contribution in [0.25, 0.3) is 11.0 Å². The molecule has 1 aromatic heterocycles. The van der Waals surface area contributed by atoms with Crippen molar-refractivity contribution in [1.82, 2.24) is 9.97 Å². The van der Waals surface area contributed by atoms with E-state index in [1.165, 1.54) is 6.07 Å². The number of benzene rings is 1. The summed E-state index contributed by atoms with van der Waals surface area (Å²) in [6, 6.07) is 1.49. The van der Waals surface area contributed by atoms with E-state index in [0.717, 1.165) is 6.07 Å². The van der Waals surface area contributed by atoms with E-state index in [4.69, 9.17) is 10.5 Å². The van der Waals surface area contributed by atoms with Gasteiger partial charge in [0.15, 0.2) is 11.6 Å². The van der Waals surface area contributed by atoms with Crippen LogP contribution in [0.3, 0.4) is 0 Å². The van der Waals surface area contributed by atoms with E-state index in [1.54, 1.807) is 6.92 Å². The van der Waals surface area contributed by atoms with Gasteiger partial charge in [0.1, 0.15) is 17.4 Å². The van der Waals surface area contributed by atoms with Crippen LogP contribution >= 0.6 is 0 Å². The maximum absolute atomic E-state index is 13.4. The number of ether oxygens (including phenoxy) is 1. The molecule has 0 saturated heterocycles. The maximum atomic E-state index is 13.4. The van der Waals surface area contributed by atoms with Gasteiger partial charge in [0, 0.05) is 6.42 Å². The summed E-state index contributed by atoms with van der Waals surface area (Å²) >= 11 is 0. The molecule has 0 aliphatic carbocycles. The van der Waals surface area contributed by atoms with Gasteiger partial charge in [-0.3, -0.25) is 4.79 Å². The Labute approximate surface area is 107 Å². The first-order chi connectivity index (χ1) is 9.02. The fraction of sp³-hybridized carbons (Fsp3) is 0.333. The highest BCUT2D eigenvalue weighted by molar-refractivity contribution is 5.77. The first kappa shape index (κ1) is 13.4. The molecule has 0 fully saturated rings. The molecule has 19 heavy (non-hydrogen) atoms. The molecule has 102 valence electrons. The number of imidazole rings is 1. The van der Waals surface area contributed by atoms with Crippen LogP contribution in [0, 0.1) is 11.6 Å². The number of H-pyrrole nitrogens is 1. The molecule has 0 radical (unpaired) electrons. The molecular formula is C12H13F2N3O2. The van der Waals surface area contributed by atoms with Crippen molar-refractivity contribution in [1.29, 1.82) is 0 Å². The Kier molecular flexibility index (Phi) is 3.75. The van der Waals surface area contributed by atoms with Crippen LogP contribution in [0.15, 0.2) is 12.1 Å². The van der Waals surface area contributed by atoms with Crippen LogP contribution in [0.5, 0.6) is 0 Å². The minimum absolute atomic E-state index is 0.0641. The number of rotatable bonds is 4. The summed E-state index contributed by atoms with van der Waals surface area (Å²) < 4.78 is 31.2. The molecule has 0 saturated carbocycles. The third kappa shape index (κ3) is 2.70. The van der Waals surface area contributed by atoms with Crippen molar-refractivity contribution in [3.63, 3.8) is 0 Å². The molecule has 5 nitrogen and oxygen atoms in total. The normalized spacial score (nSPS) is 12.6. The average molecular weight is 269 g/mol. The Bertz CT molecular complexity index is 612. The summed E-state index contributed by atoms with van der Waals surface area (Å²) in [6.07, 6.45) is 0.0641. The first-order valence-corrected chi connectivity index (χ1v) is 5.77. The van der Waals surface area contributed by atoms with E-state index < -0.39 is 23.6 Å². The molecule has 2 rings (SSSR count). The molecule has 0 amide bonds. The van der Waals surface area contributed by atoms with Crippen molar-refractivity contribution in [2.75, 3.05) is 6.61 Å². The molecule has 7 heteroatoms. The van der Waals surface area contributed by atoms with Crippen molar-refractivity contribution < 1.29 is 18.3 Å². The number of carbonyl (C=O) groups is 1. The Morgan fingerprint density at radius 1 is 1.53 bits per heavy atom. The summed E-state index contributed by atoms with van der Waals surface area (Å²) in [7, 11) is 0. The van der Waals surface area contributed by atoms with E-state index in [-0.39, 0.29) is 18.5 Å². The number of nitrogens with two attached hydrogens (primary N) is 1. The van der Waals surface area contributed by atoms with Crippen LogP contribution in [0.2, 0.25) is 0 Å². The van der Waals surface area contributed by atoms with Gasteiger partial charge in [-0.25, -0.2) is 13.8 Å². The number of aromatic nitrogens is 2. The van der Waals surface area contributed by atoms with Crippen LogP contribution < -0.4 is 5.73 Å². The smallest absolute Gasteiger partial charge is 0.323 e. The summed E-state index contributed by atoms with van der Waals surface area (Å²) in [5, 5.41) is 0. The van der Waals surface area contributed by atoms with Crippen LogP contribution in [-0.2, 0) is 16.0 Å². The molecule has 1 heterocycles. The lowest BCUT2D eigenvalue weighted by atomic mass is 10.2. The number of hydrogen-bond acceptors (Lipinski definition) is 4. The maximum Gasteiger partial charge on any atom is 0.323 e. The predicted molar refractivity (Wildman–Crippen MR) is 64.3 cm³/mol. The summed E-state index contributed by atoms with van der Waals surface area (Å²) in [5.74, 6) is -2.25. The molecule has 0 spiro atoms. The third-order valence-electron chi connectivity index (χ3n) is 2.60. The van der Waals surface area contributed by atoms with E-state index in [9.17, 15) is 13.6 Å². The van der Waals surface area contributed by atoms with Gasteiger partial charge in [-0.05, 0) is 19.1 Å². The molecule has 2 aromatic rings. The molecule has 0 bridgehead atoms. The minimum atomic E-state index is -1.02. The molecular weight excluding hydrogens is 256 g/mol. The SMILES string of the molecule is CCOC(=O)[C@H](N)Cc1nc2c(F)c(F)ccc2[nH]1. The Morgan fingerprint density at radius 3 is 2.95 bits per heavy atom. The fourth-order valence-electron chi connectivity index (χ4n) is 1.71. The number of aromatic amines is 1. The third-order valence-corrected chi connectivity index (χ3v) is 2.60. The number of fused-ring (bicyclic) bond motifs is 1. The second-order valence-corrected chi connectivity index (χ2v) is 4.00. The van der Waals surface area contributed by atoms with Gasteiger partial charge in [-0.15, -0.1) is 0 Å². The van der Waals surface area contributed by atoms with Gasteiger partial charge in [0.2, 0.25) is 0 Å². The van der Waals surface area contributed by atoms with Gasteiger partial charge < -0.3 is 15.5 Å². The van der Waals surface area contributed by atoms with Crippen molar-refractivity contribution >= 4 is 17.0 Å². The fourth-order valence-corrected chi connectivity index (χ4v) is 1.71. The minimum Gasteiger partial charge on any atom is -0.465 e. The Hall–Kier alpha value is -2.02. The van der Waals surface area contributed by atoms with Crippen molar-refractivity contribution in [3.05, 3.63) is 29.6 Å². The van der Waals surface area contributed by atoms with Crippen molar-refractivity contribution in [2.24, 2.45) is 5.73 Å². The van der Waals surface area contributed by atoms with Crippen LogP contribution in [0.4, 0.5) is 8.78 Å². The Balaban J connectivity index is 2.22. The zero-order valence-electron chi connectivity index (χ0n) is 10.2. The number of hydrogen-bond donors (Lipinski definition) is 2. The van der Waals surface area contributed by atoms with Gasteiger partial charge in [0.05, 0.1) is 12.1 Å². The summed E-state index contributed by atoms with van der Waals surface area (Å²) in [4.78, 5) is 18.0. The summed E-state index contributed by atoms with van der Waals surface area (Å²) in [6.45, 7) is 1.90. The lowest BCUT2D eigenvalue weighted by molar-refractivity contribution is -0.144. The van der Waals surface area contributed by atoms with Crippen molar-refractivity contribution in [2.45, 2.75) is 19.4 Å². The molecule has 0 aliphatic heterocycles. The zero-order chi connectivity index (χ0) is 14.0. The van der Waals surface area contributed by atoms with Crippen LogP contribution in [-0.4, -0.2) is 28.6 Å². The number of nitrogens with zero attached hydrogens (tertiary/aromatic N) is 1. The van der Waals surface area contributed by atoms with E-state index in [0.29, 0.717) is 11.3 Å². The van der Waals surface area contributed by atoms with E-state index >= 15 is 0 Å². The Morgan fingerprint density at radius 2 is 2.26 bits per heavy atom. The first-order valence-electron chi connectivity index (χ1n) is 5.77. The highest BCUT2D eigenvalue weighted by Gasteiger charge is 2.18. The summed E-state index contributed by atoms with van der Waals surface area (Å²) in [5.41, 5.74) is 5.87. The number of nitrogens with one attached hydrogen (secondary N) is 1. The lowest BCUT2D eigenvalue weighted by Crippen LogP contribution is -2.34. The molecule has 0 aliphatic rings. The second kappa shape index (κ2) is 5.31. The van der Waals surface area contributed by atoms with Gasteiger partial charge >= 0.3 is 5.97 Å². The second-order valence-electron chi connectivity index (χ2n) is 4.00. The molecule has 0 unspecified atom stereocenters. The number of esters is 1. The molecule has 3 N–H and O–H groups in total. The monoisotopic (exact) mass is 269 g/mol. The topological polar surface area (TPSA) is 81.0 Å². The lowest BCUT2D eigenvalue weighted by Gasteiger charge is -2.08. The highest BCUT2D eigenvalue weighted by atomic mass is 19.2. The molecule has 1 aromatic carbocycles. The van der Waals surface area contributed by atoms with Gasteiger partial charge in [0.25, 0.3) is 0 Å².